The van der Waals surface area contributed by atoms with Crippen molar-refractivity contribution in [2.24, 2.45) is 0 Å². The first-order valence-electron chi connectivity index (χ1n) is 10.8. The molecule has 0 spiro atoms. The molecule has 1 aromatic heterocycles. The summed E-state index contributed by atoms with van der Waals surface area (Å²) >= 11 is 0. The lowest BCUT2D eigenvalue weighted by atomic mass is 9.95. The van der Waals surface area contributed by atoms with Crippen LogP contribution in [0.15, 0.2) is 71.5 Å². The van der Waals surface area contributed by atoms with E-state index in [9.17, 15) is 22.8 Å². The summed E-state index contributed by atoms with van der Waals surface area (Å²) < 4.78 is 44.2. The molecule has 0 radical (unpaired) electrons. The number of carbonyl (C=O) groups is 1. The third kappa shape index (κ3) is 5.73. The lowest BCUT2D eigenvalue weighted by Gasteiger charge is -2.35. The van der Waals surface area contributed by atoms with E-state index < -0.39 is 29.4 Å². The van der Waals surface area contributed by atoms with E-state index in [4.69, 9.17) is 4.74 Å². The van der Waals surface area contributed by atoms with Gasteiger partial charge >= 0.3 is 6.18 Å². The summed E-state index contributed by atoms with van der Waals surface area (Å²) in [6.07, 6.45) is -4.69. The van der Waals surface area contributed by atoms with Gasteiger partial charge in [-0.2, -0.15) is 13.2 Å². The Morgan fingerprint density at radius 3 is 2.53 bits per heavy atom. The van der Waals surface area contributed by atoms with Gasteiger partial charge < -0.3 is 15.0 Å². The Labute approximate surface area is 194 Å². The van der Waals surface area contributed by atoms with Gasteiger partial charge in [-0.1, -0.05) is 54.6 Å². The van der Waals surface area contributed by atoms with Crippen molar-refractivity contribution in [3.05, 3.63) is 105 Å². The Kier molecular flexibility index (Phi) is 7.14. The summed E-state index contributed by atoms with van der Waals surface area (Å²) in [5, 5.41) is 2.81. The molecule has 6 nitrogen and oxygen atoms in total. The van der Waals surface area contributed by atoms with Gasteiger partial charge in [0.1, 0.15) is 11.3 Å². The molecule has 2 aromatic carbocycles. The Morgan fingerprint density at radius 2 is 1.79 bits per heavy atom. The van der Waals surface area contributed by atoms with Crippen molar-refractivity contribution in [2.45, 2.75) is 25.4 Å². The second-order valence-electron chi connectivity index (χ2n) is 8.11. The van der Waals surface area contributed by atoms with E-state index >= 15 is 0 Å². The minimum absolute atomic E-state index is 0.367. The molecule has 9 heteroatoms. The Morgan fingerprint density at radius 1 is 1.06 bits per heavy atom. The van der Waals surface area contributed by atoms with Crippen molar-refractivity contribution in [3.8, 4) is 0 Å². The summed E-state index contributed by atoms with van der Waals surface area (Å²) in [4.78, 5) is 28.8. The van der Waals surface area contributed by atoms with Gasteiger partial charge in [0.15, 0.2) is 0 Å². The molecule has 4 rings (SSSR count). The van der Waals surface area contributed by atoms with Crippen LogP contribution in [0, 0.1) is 0 Å². The van der Waals surface area contributed by atoms with Crippen LogP contribution in [0.1, 0.15) is 38.8 Å². The van der Waals surface area contributed by atoms with Gasteiger partial charge in [-0.05, 0) is 28.8 Å². The number of amides is 1. The number of nitrogens with zero attached hydrogens (tertiary/aromatic N) is 1. The van der Waals surface area contributed by atoms with Gasteiger partial charge in [0, 0.05) is 19.6 Å². The zero-order chi connectivity index (χ0) is 24.1. The molecule has 0 fully saturated rings. The Bertz CT molecular complexity index is 1200. The number of H-pyrrole nitrogens is 1. The summed E-state index contributed by atoms with van der Waals surface area (Å²) in [6.45, 7) is 2.79. The van der Waals surface area contributed by atoms with Gasteiger partial charge in [0.2, 0.25) is 0 Å². The molecule has 2 N–H and O–H groups in total. The zero-order valence-corrected chi connectivity index (χ0v) is 18.3. The fourth-order valence-electron chi connectivity index (χ4n) is 3.99. The zero-order valence-electron chi connectivity index (χ0n) is 18.3. The highest BCUT2D eigenvalue weighted by Gasteiger charge is 2.33. The number of fused-ring (bicyclic) bond motifs is 1. The van der Waals surface area contributed by atoms with Crippen LogP contribution in [0.2, 0.25) is 0 Å². The van der Waals surface area contributed by atoms with Crippen molar-refractivity contribution < 1.29 is 22.7 Å². The van der Waals surface area contributed by atoms with Crippen LogP contribution in [-0.2, 0) is 24.1 Å². The fourth-order valence-corrected chi connectivity index (χ4v) is 3.99. The number of pyridine rings is 1. The highest BCUT2D eigenvalue weighted by molar-refractivity contribution is 5.94. The van der Waals surface area contributed by atoms with Gasteiger partial charge in [0.05, 0.1) is 19.3 Å². The van der Waals surface area contributed by atoms with Crippen LogP contribution in [0.4, 0.5) is 13.2 Å². The van der Waals surface area contributed by atoms with Gasteiger partial charge in [0.25, 0.3) is 11.5 Å². The molecule has 0 aliphatic carbocycles. The molecule has 34 heavy (non-hydrogen) atoms. The van der Waals surface area contributed by atoms with Crippen molar-refractivity contribution in [1.82, 2.24) is 15.2 Å². The van der Waals surface area contributed by atoms with Crippen LogP contribution in [0.3, 0.4) is 0 Å². The fraction of sp³-hybridized carbons (Fsp3) is 0.280. The van der Waals surface area contributed by atoms with Crippen molar-refractivity contribution in [2.75, 3.05) is 19.7 Å². The average molecular weight is 471 g/mol. The predicted octanol–water partition coefficient (Wildman–Crippen LogP) is 3.90. The van der Waals surface area contributed by atoms with E-state index in [1.54, 1.807) is 4.98 Å². The third-order valence-corrected chi connectivity index (χ3v) is 5.69. The van der Waals surface area contributed by atoms with Crippen LogP contribution >= 0.6 is 0 Å². The minimum atomic E-state index is -4.69. The van der Waals surface area contributed by atoms with E-state index in [1.165, 1.54) is 0 Å². The highest BCUT2D eigenvalue weighted by Crippen LogP contribution is 2.28. The number of hydrogen-bond acceptors (Lipinski definition) is 4. The number of aromatic nitrogens is 1. The minimum Gasteiger partial charge on any atom is -0.375 e. The topological polar surface area (TPSA) is 74.4 Å². The molecule has 1 aliphatic rings. The standard InChI is InChI=1S/C25H24F3N3O3/c26-25(27,28)22-11-10-20(24(33)30-22)23(32)29-21-15-31(14-18-8-4-5-9-19(18)21)12-13-34-16-17-6-2-1-3-7-17/h1-11,21H,12-16H2,(H,29,32)(H,30,33). The SMILES string of the molecule is O=C(NC1CN(CCOCc2ccccc2)Cc2ccccc21)c1ccc(C(F)(F)F)[nH]c1=O. The second kappa shape index (κ2) is 10.2. The molecule has 178 valence electrons. The van der Waals surface area contributed by atoms with Crippen LogP contribution < -0.4 is 10.9 Å². The normalized spacial score (nSPS) is 16.1. The molecular weight excluding hydrogens is 447 g/mol. The Hall–Kier alpha value is -3.43. The first kappa shape index (κ1) is 23.7. The molecule has 1 aliphatic heterocycles. The first-order valence-corrected chi connectivity index (χ1v) is 10.8. The summed E-state index contributed by atoms with van der Waals surface area (Å²) in [5.41, 5.74) is 0.387. The van der Waals surface area contributed by atoms with Crippen molar-refractivity contribution >= 4 is 5.91 Å². The van der Waals surface area contributed by atoms with Crippen LogP contribution in [0.25, 0.3) is 0 Å². The summed E-state index contributed by atoms with van der Waals surface area (Å²) in [6, 6.07) is 18.7. The van der Waals surface area contributed by atoms with E-state index in [1.807, 2.05) is 54.6 Å². The number of carbonyl (C=O) groups excluding carboxylic acids is 1. The monoisotopic (exact) mass is 471 g/mol. The summed E-state index contributed by atoms with van der Waals surface area (Å²) in [5.74, 6) is -0.725. The molecule has 0 saturated carbocycles. The second-order valence-corrected chi connectivity index (χ2v) is 8.11. The largest absolute Gasteiger partial charge is 0.431 e. The van der Waals surface area contributed by atoms with E-state index in [-0.39, 0.29) is 5.56 Å². The predicted molar refractivity (Wildman–Crippen MR) is 120 cm³/mol. The lowest BCUT2D eigenvalue weighted by Crippen LogP contribution is -2.43. The lowest BCUT2D eigenvalue weighted by molar-refractivity contribution is -0.141. The van der Waals surface area contributed by atoms with Crippen molar-refractivity contribution in [3.63, 3.8) is 0 Å². The quantitative estimate of drug-likeness (QED) is 0.513. The van der Waals surface area contributed by atoms with Crippen LogP contribution in [0.5, 0.6) is 0 Å². The maximum atomic E-state index is 12.8. The molecule has 0 saturated heterocycles. The molecule has 1 atom stereocenters. The van der Waals surface area contributed by atoms with Gasteiger partial charge in [-0.15, -0.1) is 0 Å². The number of rotatable bonds is 7. The number of hydrogen-bond donors (Lipinski definition) is 2. The highest BCUT2D eigenvalue weighted by atomic mass is 19.4. The molecule has 1 unspecified atom stereocenters. The van der Waals surface area contributed by atoms with E-state index in [2.05, 4.69) is 10.2 Å². The van der Waals surface area contributed by atoms with E-state index in [0.717, 1.165) is 22.8 Å². The van der Waals surface area contributed by atoms with Crippen LogP contribution in [-0.4, -0.2) is 35.5 Å². The Balaban J connectivity index is 1.42. The number of ether oxygens (including phenoxy) is 1. The number of alkyl halides is 3. The molecule has 2 heterocycles. The molecule has 1 amide bonds. The maximum Gasteiger partial charge on any atom is 0.431 e. The molecule has 3 aromatic rings. The smallest absolute Gasteiger partial charge is 0.375 e. The third-order valence-electron chi connectivity index (χ3n) is 5.69. The van der Waals surface area contributed by atoms with Gasteiger partial charge in [-0.3, -0.25) is 14.5 Å². The number of nitrogens with one attached hydrogen (secondary N) is 2. The molecular formula is C25H24F3N3O3. The summed E-state index contributed by atoms with van der Waals surface area (Å²) in [7, 11) is 0. The number of aromatic amines is 1. The number of benzene rings is 2. The maximum absolute atomic E-state index is 12.8. The first-order chi connectivity index (χ1) is 16.3. The van der Waals surface area contributed by atoms with E-state index in [0.29, 0.717) is 38.9 Å². The van der Waals surface area contributed by atoms with Crippen molar-refractivity contribution in [1.29, 1.82) is 0 Å². The molecule has 0 bridgehead atoms. The number of halogens is 3. The average Bonchev–Trinajstić information content (AvgIpc) is 2.82. The van der Waals surface area contributed by atoms with Gasteiger partial charge in [-0.25, -0.2) is 0 Å².